The monoisotopic (exact) mass is 417 g/mol. The van der Waals surface area contributed by atoms with Crippen molar-refractivity contribution in [3.8, 4) is 0 Å². The Labute approximate surface area is 178 Å². The Morgan fingerprint density at radius 1 is 0.767 bits per heavy atom. The number of benzene rings is 4. The number of fused-ring (bicyclic) bond motifs is 7. The number of ether oxygens (including phenoxy) is 2. The van der Waals surface area contributed by atoms with Gasteiger partial charge >= 0.3 is 5.43 Å². The van der Waals surface area contributed by atoms with Crippen molar-refractivity contribution < 1.29 is 14.3 Å². The van der Waals surface area contributed by atoms with Crippen LogP contribution in [0, 0.1) is 0 Å². The minimum atomic E-state index is -0.806. The summed E-state index contributed by atoms with van der Waals surface area (Å²) >= 11 is 5.18. The highest BCUT2D eigenvalue weighted by Crippen LogP contribution is 2.38. The molecule has 150 valence electrons. The molecular formula is C25H20ClNO3. The van der Waals surface area contributed by atoms with E-state index >= 15 is 0 Å². The van der Waals surface area contributed by atoms with Gasteiger partial charge in [0.05, 0.1) is 18.7 Å². The van der Waals surface area contributed by atoms with Crippen LogP contribution in [0.15, 0.2) is 72.8 Å². The van der Waals surface area contributed by atoms with Crippen LogP contribution in [-0.2, 0) is 16.0 Å². The van der Waals surface area contributed by atoms with Gasteiger partial charge in [-0.15, -0.1) is 0 Å². The van der Waals surface area contributed by atoms with Gasteiger partial charge in [-0.3, -0.25) is 0 Å². The summed E-state index contributed by atoms with van der Waals surface area (Å²) in [6.07, 6.45) is 0. The summed E-state index contributed by atoms with van der Waals surface area (Å²) in [5.74, 6) is 0. The fraction of sp³-hybridized carbons (Fsp3) is 0.160. The molecule has 4 nitrogen and oxygen atoms in total. The fourth-order valence-corrected chi connectivity index (χ4v) is 4.38. The lowest BCUT2D eigenvalue weighted by Gasteiger charge is -2.10. The molecule has 0 spiro atoms. The molecule has 0 bridgehead atoms. The molecule has 0 unspecified atom stereocenters. The van der Waals surface area contributed by atoms with Crippen LogP contribution in [0.1, 0.15) is 0 Å². The predicted molar refractivity (Wildman–Crippen MR) is 122 cm³/mol. The Bertz CT molecular complexity index is 1390. The lowest BCUT2D eigenvalue weighted by atomic mass is 10.0. The third-order valence-corrected chi connectivity index (χ3v) is 5.65. The second kappa shape index (κ2) is 7.98. The molecular weight excluding hydrogens is 398 g/mol. The molecule has 0 radical (unpaired) electrons. The van der Waals surface area contributed by atoms with Crippen molar-refractivity contribution >= 4 is 60.4 Å². The second-order valence-electron chi connectivity index (χ2n) is 7.21. The van der Waals surface area contributed by atoms with Crippen LogP contribution >= 0.6 is 11.6 Å². The Morgan fingerprint density at radius 2 is 1.47 bits per heavy atom. The Kier molecular flexibility index (Phi) is 5.03. The summed E-state index contributed by atoms with van der Waals surface area (Å²) in [4.78, 5) is 10.7. The van der Waals surface area contributed by atoms with E-state index in [4.69, 9.17) is 21.1 Å². The van der Waals surface area contributed by atoms with E-state index in [1.54, 1.807) is 0 Å². The maximum atomic E-state index is 10.7. The average molecular weight is 418 g/mol. The van der Waals surface area contributed by atoms with Crippen molar-refractivity contribution in [2.24, 2.45) is 0 Å². The molecule has 5 heteroatoms. The van der Waals surface area contributed by atoms with E-state index in [0.717, 1.165) is 0 Å². The fourth-order valence-electron chi connectivity index (χ4n) is 4.31. The Balaban J connectivity index is 1.64. The van der Waals surface area contributed by atoms with E-state index < -0.39 is 5.43 Å². The van der Waals surface area contributed by atoms with Gasteiger partial charge in [-0.05, 0) is 22.2 Å². The molecule has 4 aromatic carbocycles. The molecule has 0 fully saturated rings. The third kappa shape index (κ3) is 3.28. The second-order valence-corrected chi connectivity index (χ2v) is 7.52. The van der Waals surface area contributed by atoms with Gasteiger partial charge in [0.2, 0.25) is 0 Å². The van der Waals surface area contributed by atoms with Crippen LogP contribution in [0.2, 0.25) is 0 Å². The predicted octanol–water partition coefficient (Wildman–Crippen LogP) is 6.49. The van der Waals surface area contributed by atoms with Gasteiger partial charge in [-0.25, -0.2) is 4.79 Å². The van der Waals surface area contributed by atoms with E-state index in [-0.39, 0.29) is 6.61 Å². The SMILES string of the molecule is O=C(Cl)OCCOCCn1c2ccc3ccccc3c2c2ccc3ccccc3c21. The highest BCUT2D eigenvalue weighted by Gasteiger charge is 2.15. The zero-order valence-corrected chi connectivity index (χ0v) is 17.1. The number of rotatable bonds is 6. The maximum absolute atomic E-state index is 10.7. The lowest BCUT2D eigenvalue weighted by molar-refractivity contribution is 0.0788. The van der Waals surface area contributed by atoms with Gasteiger partial charge < -0.3 is 14.0 Å². The number of aromatic nitrogens is 1. The summed E-state index contributed by atoms with van der Waals surface area (Å²) in [6.45, 7) is 1.68. The molecule has 0 aliphatic rings. The summed E-state index contributed by atoms with van der Waals surface area (Å²) in [5.41, 5.74) is 1.60. The zero-order chi connectivity index (χ0) is 20.5. The lowest BCUT2D eigenvalue weighted by Crippen LogP contribution is -2.10. The van der Waals surface area contributed by atoms with Crippen molar-refractivity contribution in [1.82, 2.24) is 4.57 Å². The van der Waals surface area contributed by atoms with Crippen molar-refractivity contribution in [2.45, 2.75) is 6.54 Å². The van der Waals surface area contributed by atoms with Crippen LogP contribution in [0.3, 0.4) is 0 Å². The largest absolute Gasteiger partial charge is 0.451 e. The Morgan fingerprint density at radius 3 is 2.27 bits per heavy atom. The normalized spacial score (nSPS) is 11.6. The van der Waals surface area contributed by atoms with E-state index in [1.807, 2.05) is 0 Å². The summed E-state index contributed by atoms with van der Waals surface area (Å²) in [7, 11) is 0. The van der Waals surface area contributed by atoms with Crippen LogP contribution in [0.25, 0.3) is 43.4 Å². The molecule has 0 saturated carbocycles. The average Bonchev–Trinajstić information content (AvgIpc) is 3.10. The van der Waals surface area contributed by atoms with E-state index in [0.29, 0.717) is 19.8 Å². The number of hydrogen-bond donors (Lipinski definition) is 0. The molecule has 0 amide bonds. The van der Waals surface area contributed by atoms with Gasteiger partial charge in [0.15, 0.2) is 0 Å². The minimum Gasteiger partial charge on any atom is -0.451 e. The van der Waals surface area contributed by atoms with Gasteiger partial charge in [-0.1, -0.05) is 66.7 Å². The molecule has 5 rings (SSSR count). The van der Waals surface area contributed by atoms with Crippen LogP contribution in [0.5, 0.6) is 0 Å². The zero-order valence-electron chi connectivity index (χ0n) is 16.3. The van der Waals surface area contributed by atoms with E-state index in [2.05, 4.69) is 77.4 Å². The van der Waals surface area contributed by atoms with Gasteiger partial charge in [0.1, 0.15) is 6.61 Å². The molecule has 0 atom stereocenters. The molecule has 1 aromatic heterocycles. The first-order chi connectivity index (χ1) is 14.7. The van der Waals surface area contributed by atoms with Crippen LogP contribution < -0.4 is 0 Å². The molecule has 0 aliphatic heterocycles. The molecule has 1 heterocycles. The highest BCUT2D eigenvalue weighted by molar-refractivity contribution is 6.61. The number of nitrogens with zero attached hydrogens (tertiary/aromatic N) is 1. The van der Waals surface area contributed by atoms with Crippen molar-refractivity contribution in [2.75, 3.05) is 19.8 Å². The Hall–Kier alpha value is -3.08. The molecule has 0 saturated heterocycles. The topological polar surface area (TPSA) is 40.5 Å². The third-order valence-electron chi connectivity index (χ3n) is 5.54. The van der Waals surface area contributed by atoms with Crippen LogP contribution in [0.4, 0.5) is 4.79 Å². The van der Waals surface area contributed by atoms with Gasteiger partial charge in [-0.2, -0.15) is 0 Å². The molecule has 0 aliphatic carbocycles. The number of carbonyl (C=O) groups excluding carboxylic acids is 1. The van der Waals surface area contributed by atoms with Crippen molar-refractivity contribution in [3.63, 3.8) is 0 Å². The maximum Gasteiger partial charge on any atom is 0.403 e. The molecule has 5 aromatic rings. The first-order valence-corrected chi connectivity index (χ1v) is 10.3. The van der Waals surface area contributed by atoms with Crippen LogP contribution in [-0.4, -0.2) is 29.8 Å². The summed E-state index contributed by atoms with van der Waals surface area (Å²) in [6, 6.07) is 25.8. The first kappa shape index (κ1) is 18.9. The van der Waals surface area contributed by atoms with Crippen molar-refractivity contribution in [3.05, 3.63) is 72.8 Å². The summed E-state index contributed by atoms with van der Waals surface area (Å²) in [5, 5.41) is 7.45. The van der Waals surface area contributed by atoms with Crippen molar-refractivity contribution in [1.29, 1.82) is 0 Å². The molecule has 30 heavy (non-hydrogen) atoms. The summed E-state index contributed by atoms with van der Waals surface area (Å²) < 4.78 is 12.8. The highest BCUT2D eigenvalue weighted by atomic mass is 35.5. The quantitative estimate of drug-likeness (QED) is 0.234. The minimum absolute atomic E-state index is 0.156. The standard InChI is InChI=1S/C25H20ClNO3/c26-25(28)30-16-15-29-14-13-27-22-12-10-17-5-1-3-7-19(17)23(22)21-11-9-18-6-2-4-8-20(18)24(21)27/h1-12H,13-16H2. The molecule has 0 N–H and O–H groups in total. The first-order valence-electron chi connectivity index (χ1n) is 9.95. The van der Waals surface area contributed by atoms with Gasteiger partial charge in [0, 0.05) is 39.8 Å². The van der Waals surface area contributed by atoms with E-state index in [9.17, 15) is 4.79 Å². The number of halogens is 1. The smallest absolute Gasteiger partial charge is 0.403 e. The number of carbonyl (C=O) groups is 1. The van der Waals surface area contributed by atoms with E-state index in [1.165, 1.54) is 43.4 Å². The van der Waals surface area contributed by atoms with Gasteiger partial charge in [0.25, 0.3) is 0 Å². The number of hydrogen-bond acceptors (Lipinski definition) is 3.